The van der Waals surface area contributed by atoms with Gasteiger partial charge in [0.05, 0.1) is 12.2 Å². The van der Waals surface area contributed by atoms with Crippen molar-refractivity contribution >= 4 is 0 Å². The molecule has 1 aromatic heterocycles. The first kappa shape index (κ1) is 6.89. The van der Waals surface area contributed by atoms with Crippen molar-refractivity contribution in [3.63, 3.8) is 0 Å². The zero-order chi connectivity index (χ0) is 7.68. The molecule has 0 bridgehead atoms. The van der Waals surface area contributed by atoms with Gasteiger partial charge in [-0.15, -0.1) is 0 Å². The van der Waals surface area contributed by atoms with Crippen LogP contribution in [0.1, 0.15) is 37.8 Å². The van der Waals surface area contributed by atoms with Gasteiger partial charge in [-0.25, -0.2) is 0 Å². The maximum Gasteiger partial charge on any atom is 0.0521 e. The summed E-state index contributed by atoms with van der Waals surface area (Å²) in [7, 11) is 0. The largest absolute Gasteiger partial charge is 0.269 e. The van der Waals surface area contributed by atoms with Crippen molar-refractivity contribution in [3.8, 4) is 0 Å². The summed E-state index contributed by atoms with van der Waals surface area (Å²) in [4.78, 5) is 0. The van der Waals surface area contributed by atoms with Crippen molar-refractivity contribution in [2.45, 2.75) is 38.6 Å². The van der Waals surface area contributed by atoms with Crippen LogP contribution in [0.15, 0.2) is 12.4 Å². The maximum atomic E-state index is 4.31. The van der Waals surface area contributed by atoms with Gasteiger partial charge in [-0.05, 0) is 24.8 Å². The van der Waals surface area contributed by atoms with Gasteiger partial charge in [0.1, 0.15) is 0 Å². The molecule has 60 valence electrons. The first-order chi connectivity index (χ1) is 5.40. The predicted molar refractivity (Wildman–Crippen MR) is 44.5 cm³/mol. The molecule has 0 spiro atoms. The molecule has 0 aliphatic heterocycles. The lowest BCUT2D eigenvalue weighted by molar-refractivity contribution is 0.641. The summed E-state index contributed by atoms with van der Waals surface area (Å²) in [6.45, 7) is 2.20. The highest BCUT2D eigenvalue weighted by molar-refractivity contribution is 5.05. The molecule has 0 aromatic carbocycles. The second-order valence-electron chi connectivity index (χ2n) is 3.31. The van der Waals surface area contributed by atoms with Crippen LogP contribution in [0.4, 0.5) is 0 Å². The zero-order valence-corrected chi connectivity index (χ0v) is 6.95. The summed E-state index contributed by atoms with van der Waals surface area (Å²) in [5.41, 5.74) is 1.39. The minimum Gasteiger partial charge on any atom is -0.269 e. The number of rotatable bonds is 3. The molecular formula is C9H14N2. The van der Waals surface area contributed by atoms with E-state index in [2.05, 4.69) is 22.9 Å². The summed E-state index contributed by atoms with van der Waals surface area (Å²) in [5.74, 6) is 0. The van der Waals surface area contributed by atoms with E-state index in [1.165, 1.54) is 31.2 Å². The maximum absolute atomic E-state index is 4.31. The molecule has 1 aliphatic rings. The molecule has 0 radical (unpaired) electrons. The van der Waals surface area contributed by atoms with Crippen LogP contribution < -0.4 is 0 Å². The normalized spacial score (nSPS) is 17.2. The topological polar surface area (TPSA) is 17.8 Å². The van der Waals surface area contributed by atoms with Crippen LogP contribution in [0.2, 0.25) is 0 Å². The van der Waals surface area contributed by atoms with Gasteiger partial charge in [0.2, 0.25) is 0 Å². The Bertz CT molecular complexity index is 235. The van der Waals surface area contributed by atoms with E-state index in [9.17, 15) is 0 Å². The molecule has 1 fully saturated rings. The Balaban J connectivity index is 2.06. The summed E-state index contributed by atoms with van der Waals surface area (Å²) in [6.07, 6.45) is 9.24. The smallest absolute Gasteiger partial charge is 0.0521 e. The molecule has 1 heterocycles. The fourth-order valence-electron chi connectivity index (χ4n) is 1.33. The number of hydrogen-bond acceptors (Lipinski definition) is 1. The lowest BCUT2D eigenvalue weighted by Gasteiger charge is -1.93. The van der Waals surface area contributed by atoms with E-state index in [0.717, 1.165) is 6.04 Å². The lowest BCUT2D eigenvalue weighted by atomic mass is 10.2. The molecule has 0 N–H and O–H groups in total. The number of hydrogen-bond donors (Lipinski definition) is 0. The van der Waals surface area contributed by atoms with Gasteiger partial charge >= 0.3 is 0 Å². The van der Waals surface area contributed by atoms with Crippen LogP contribution in [0, 0.1) is 0 Å². The molecule has 0 saturated heterocycles. The SMILES string of the molecule is CCCc1cnn(C2CC2)c1. The van der Waals surface area contributed by atoms with Crippen LogP contribution in [-0.4, -0.2) is 9.78 Å². The van der Waals surface area contributed by atoms with Crippen LogP contribution >= 0.6 is 0 Å². The molecule has 0 amide bonds. The Morgan fingerprint density at radius 1 is 1.64 bits per heavy atom. The average molecular weight is 150 g/mol. The minimum atomic E-state index is 0.737. The van der Waals surface area contributed by atoms with Crippen molar-refractivity contribution < 1.29 is 0 Å². The van der Waals surface area contributed by atoms with Crippen LogP contribution in [0.25, 0.3) is 0 Å². The van der Waals surface area contributed by atoms with Crippen molar-refractivity contribution in [2.24, 2.45) is 0 Å². The zero-order valence-electron chi connectivity index (χ0n) is 6.95. The molecule has 0 unspecified atom stereocenters. The summed E-state index contributed by atoms with van der Waals surface area (Å²) in [5, 5.41) is 4.31. The Morgan fingerprint density at radius 2 is 2.45 bits per heavy atom. The van der Waals surface area contributed by atoms with Crippen molar-refractivity contribution in [3.05, 3.63) is 18.0 Å². The highest BCUT2D eigenvalue weighted by atomic mass is 15.3. The highest BCUT2D eigenvalue weighted by Gasteiger charge is 2.23. The van der Waals surface area contributed by atoms with E-state index in [1.807, 2.05) is 6.20 Å². The Kier molecular flexibility index (Phi) is 1.68. The lowest BCUT2D eigenvalue weighted by Crippen LogP contribution is -1.92. The Morgan fingerprint density at radius 3 is 3.09 bits per heavy atom. The van der Waals surface area contributed by atoms with Gasteiger partial charge in [-0.3, -0.25) is 4.68 Å². The van der Waals surface area contributed by atoms with Gasteiger partial charge in [0.25, 0.3) is 0 Å². The standard InChI is InChI=1S/C9H14N2/c1-2-3-8-6-10-11(7-8)9-4-5-9/h6-7,9H,2-5H2,1H3. The van der Waals surface area contributed by atoms with E-state index < -0.39 is 0 Å². The van der Waals surface area contributed by atoms with Crippen molar-refractivity contribution in [1.82, 2.24) is 9.78 Å². The molecule has 2 heteroatoms. The summed E-state index contributed by atoms with van der Waals surface area (Å²) in [6, 6.07) is 0.737. The van der Waals surface area contributed by atoms with Crippen molar-refractivity contribution in [1.29, 1.82) is 0 Å². The Labute approximate surface area is 67.2 Å². The van der Waals surface area contributed by atoms with E-state index in [4.69, 9.17) is 0 Å². The van der Waals surface area contributed by atoms with Gasteiger partial charge < -0.3 is 0 Å². The molecule has 2 nitrogen and oxygen atoms in total. The van der Waals surface area contributed by atoms with E-state index >= 15 is 0 Å². The number of aryl methyl sites for hydroxylation is 1. The van der Waals surface area contributed by atoms with E-state index in [1.54, 1.807) is 0 Å². The third-order valence-corrected chi connectivity index (χ3v) is 2.11. The average Bonchev–Trinajstić information content (AvgIpc) is 2.75. The van der Waals surface area contributed by atoms with Crippen molar-refractivity contribution in [2.75, 3.05) is 0 Å². The molecular weight excluding hydrogens is 136 g/mol. The monoisotopic (exact) mass is 150 g/mol. The molecule has 2 rings (SSSR count). The minimum absolute atomic E-state index is 0.737. The summed E-state index contributed by atoms with van der Waals surface area (Å²) < 4.78 is 2.12. The van der Waals surface area contributed by atoms with Crippen LogP contribution in [0.5, 0.6) is 0 Å². The van der Waals surface area contributed by atoms with Gasteiger partial charge in [-0.1, -0.05) is 13.3 Å². The summed E-state index contributed by atoms with van der Waals surface area (Å²) >= 11 is 0. The fourth-order valence-corrected chi connectivity index (χ4v) is 1.33. The molecule has 0 atom stereocenters. The second-order valence-corrected chi connectivity index (χ2v) is 3.31. The molecule has 1 aromatic rings. The van der Waals surface area contributed by atoms with Gasteiger partial charge in [0, 0.05) is 6.20 Å². The first-order valence-corrected chi connectivity index (χ1v) is 4.43. The van der Waals surface area contributed by atoms with Gasteiger partial charge in [0.15, 0.2) is 0 Å². The molecule has 1 saturated carbocycles. The van der Waals surface area contributed by atoms with Crippen LogP contribution in [-0.2, 0) is 6.42 Å². The fraction of sp³-hybridized carbons (Fsp3) is 0.667. The first-order valence-electron chi connectivity index (χ1n) is 4.43. The molecule has 1 aliphatic carbocycles. The predicted octanol–water partition coefficient (Wildman–Crippen LogP) is 2.17. The second kappa shape index (κ2) is 2.68. The van der Waals surface area contributed by atoms with E-state index in [0.29, 0.717) is 0 Å². The quantitative estimate of drug-likeness (QED) is 0.645. The third-order valence-electron chi connectivity index (χ3n) is 2.11. The number of nitrogens with zero attached hydrogens (tertiary/aromatic N) is 2. The number of aromatic nitrogens is 2. The van der Waals surface area contributed by atoms with Gasteiger partial charge in [-0.2, -0.15) is 5.10 Å². The Hall–Kier alpha value is -0.790. The third kappa shape index (κ3) is 1.44. The highest BCUT2D eigenvalue weighted by Crippen LogP contribution is 2.33. The molecule has 11 heavy (non-hydrogen) atoms. The van der Waals surface area contributed by atoms with E-state index in [-0.39, 0.29) is 0 Å². The van der Waals surface area contributed by atoms with Crippen LogP contribution in [0.3, 0.4) is 0 Å².